The van der Waals surface area contributed by atoms with E-state index in [4.69, 9.17) is 4.74 Å². The quantitative estimate of drug-likeness (QED) is 0.524. The molecule has 2 aliphatic heterocycles. The molecule has 0 bridgehead atoms. The van der Waals surface area contributed by atoms with Gasteiger partial charge in [-0.1, -0.05) is 32.3 Å². The van der Waals surface area contributed by atoms with Crippen LogP contribution in [-0.2, 0) is 11.2 Å². The Labute approximate surface area is 172 Å². The number of unbranched alkanes of at least 4 members (excludes halogenated alkanes) is 2. The average Bonchev–Trinajstić information content (AvgIpc) is 3.28. The average molecular weight is 399 g/mol. The predicted molar refractivity (Wildman–Crippen MR) is 113 cm³/mol. The third-order valence-electron chi connectivity index (χ3n) is 5.20. The first-order valence-electron chi connectivity index (χ1n) is 10.4. The number of fused-ring (bicyclic) bond motifs is 1. The minimum Gasteiger partial charge on any atom is -0.504 e. The highest BCUT2D eigenvalue weighted by Gasteiger charge is 2.20. The number of hydrogen-bond donors (Lipinski definition) is 2. The van der Waals surface area contributed by atoms with E-state index in [1.807, 2.05) is 17.2 Å². The number of allylic oxidation sites excluding steroid dienone is 1. The number of aromatic hydroxyl groups is 1. The van der Waals surface area contributed by atoms with Crippen molar-refractivity contribution in [2.24, 2.45) is 4.99 Å². The zero-order valence-corrected chi connectivity index (χ0v) is 17.0. The molecule has 0 spiro atoms. The number of hydrogen-bond acceptors (Lipinski definition) is 6. The zero-order chi connectivity index (χ0) is 20.6. The van der Waals surface area contributed by atoms with E-state index in [9.17, 15) is 15.0 Å². The Kier molecular flexibility index (Phi) is 7.47. The molecule has 0 saturated heterocycles. The number of aliphatic imine (C=N–C) groups is 1. The van der Waals surface area contributed by atoms with Crippen LogP contribution in [0.2, 0.25) is 0 Å². The van der Waals surface area contributed by atoms with E-state index >= 15 is 0 Å². The third kappa shape index (κ3) is 6.19. The van der Waals surface area contributed by atoms with Crippen LogP contribution < -0.4 is 4.74 Å². The Morgan fingerprint density at radius 1 is 1.34 bits per heavy atom. The standard InChI is InChI=1S/C23H30N2O4/c1-2-3-4-5-19(26)13-20(27)8-6-17-7-9-22(28)23(12-17)29-16-25-14-18-10-11-24-21(18)15-25/h7,9-12,14,19,26,28H,2-6,8,13,15-16H2,1H3. The highest BCUT2D eigenvalue weighted by atomic mass is 16.5. The van der Waals surface area contributed by atoms with Crippen LogP contribution >= 0.6 is 0 Å². The number of carbonyl (C=O) groups is 1. The lowest BCUT2D eigenvalue weighted by molar-refractivity contribution is -0.121. The molecule has 0 fully saturated rings. The number of nitrogens with zero attached hydrogens (tertiary/aromatic N) is 2. The summed E-state index contributed by atoms with van der Waals surface area (Å²) in [7, 11) is 0. The zero-order valence-electron chi connectivity index (χ0n) is 17.0. The van der Waals surface area contributed by atoms with Crippen LogP contribution in [0.25, 0.3) is 0 Å². The molecule has 0 saturated carbocycles. The topological polar surface area (TPSA) is 82.4 Å². The van der Waals surface area contributed by atoms with E-state index < -0.39 is 6.10 Å². The fourth-order valence-electron chi connectivity index (χ4n) is 3.51. The van der Waals surface area contributed by atoms with Crippen LogP contribution in [0, 0.1) is 0 Å². The van der Waals surface area contributed by atoms with Crippen LogP contribution in [0.4, 0.5) is 0 Å². The summed E-state index contributed by atoms with van der Waals surface area (Å²) in [5.41, 5.74) is 3.06. The number of rotatable bonds is 12. The van der Waals surface area contributed by atoms with Crippen LogP contribution in [-0.4, -0.2) is 46.0 Å². The number of carbonyl (C=O) groups excluding carboxylic acids is 1. The normalized spacial score (nSPS) is 15.9. The number of aryl methyl sites for hydroxylation is 1. The van der Waals surface area contributed by atoms with Crippen molar-refractivity contribution in [3.05, 3.63) is 47.8 Å². The van der Waals surface area contributed by atoms with Crippen molar-refractivity contribution < 1.29 is 19.7 Å². The lowest BCUT2D eigenvalue weighted by atomic mass is 10.0. The van der Waals surface area contributed by atoms with Gasteiger partial charge < -0.3 is 19.8 Å². The van der Waals surface area contributed by atoms with Crippen molar-refractivity contribution in [1.29, 1.82) is 0 Å². The summed E-state index contributed by atoms with van der Waals surface area (Å²) in [5, 5.41) is 20.0. The fourth-order valence-corrected chi connectivity index (χ4v) is 3.51. The number of phenolic OH excluding ortho intramolecular Hbond substituents is 1. The molecule has 29 heavy (non-hydrogen) atoms. The molecule has 6 heteroatoms. The van der Waals surface area contributed by atoms with Gasteiger partial charge in [0.25, 0.3) is 0 Å². The number of aliphatic hydroxyl groups is 1. The minimum absolute atomic E-state index is 0.0635. The summed E-state index contributed by atoms with van der Waals surface area (Å²) in [6, 6.07) is 5.18. The molecule has 3 rings (SSSR count). The number of phenols is 1. The van der Waals surface area contributed by atoms with Gasteiger partial charge in [0.1, 0.15) is 5.78 Å². The molecule has 1 unspecified atom stereocenters. The molecule has 156 valence electrons. The molecule has 2 aliphatic rings. The van der Waals surface area contributed by atoms with Gasteiger partial charge in [-0.25, -0.2) is 0 Å². The first kappa shape index (κ1) is 21.1. The first-order valence-corrected chi connectivity index (χ1v) is 10.4. The lowest BCUT2D eigenvalue weighted by Crippen LogP contribution is -2.23. The Morgan fingerprint density at radius 3 is 3.00 bits per heavy atom. The molecule has 0 aliphatic carbocycles. The van der Waals surface area contributed by atoms with Crippen LogP contribution in [0.1, 0.15) is 51.0 Å². The second kappa shape index (κ2) is 10.3. The smallest absolute Gasteiger partial charge is 0.163 e. The molecule has 0 amide bonds. The van der Waals surface area contributed by atoms with Crippen molar-refractivity contribution in [2.75, 3.05) is 13.3 Å². The Balaban J connectivity index is 1.45. The van der Waals surface area contributed by atoms with E-state index in [1.54, 1.807) is 24.4 Å². The molecule has 2 heterocycles. The third-order valence-corrected chi connectivity index (χ3v) is 5.20. The number of ketones is 1. The summed E-state index contributed by atoms with van der Waals surface area (Å²) in [6.07, 6.45) is 10.2. The molecule has 6 nitrogen and oxygen atoms in total. The Bertz CT molecular complexity index is 813. The van der Waals surface area contributed by atoms with E-state index in [0.717, 1.165) is 36.1 Å². The van der Waals surface area contributed by atoms with Gasteiger partial charge in [0.15, 0.2) is 18.2 Å². The molecule has 0 radical (unpaired) electrons. The largest absolute Gasteiger partial charge is 0.504 e. The summed E-state index contributed by atoms with van der Waals surface area (Å²) in [5.74, 6) is 0.548. The molecule has 2 N–H and O–H groups in total. The van der Waals surface area contributed by atoms with E-state index in [0.29, 0.717) is 38.3 Å². The summed E-state index contributed by atoms with van der Waals surface area (Å²) in [6.45, 7) is 3.13. The second-order valence-corrected chi connectivity index (χ2v) is 7.69. The minimum atomic E-state index is -0.540. The fraction of sp³-hybridized carbons (Fsp3) is 0.478. The van der Waals surface area contributed by atoms with Gasteiger partial charge in [-0.3, -0.25) is 9.79 Å². The van der Waals surface area contributed by atoms with Crippen molar-refractivity contribution in [3.8, 4) is 11.5 Å². The summed E-state index contributed by atoms with van der Waals surface area (Å²) < 4.78 is 5.78. The maximum absolute atomic E-state index is 12.1. The van der Waals surface area contributed by atoms with E-state index in [2.05, 4.69) is 11.9 Å². The Morgan fingerprint density at radius 2 is 2.21 bits per heavy atom. The van der Waals surface area contributed by atoms with Gasteiger partial charge in [0.05, 0.1) is 18.4 Å². The molecular formula is C23H30N2O4. The van der Waals surface area contributed by atoms with Gasteiger partial charge in [-0.15, -0.1) is 0 Å². The number of ether oxygens (including phenoxy) is 1. The van der Waals surface area contributed by atoms with Crippen LogP contribution in [0.5, 0.6) is 11.5 Å². The summed E-state index contributed by atoms with van der Waals surface area (Å²) >= 11 is 0. The molecular weight excluding hydrogens is 368 g/mol. The molecule has 1 atom stereocenters. The van der Waals surface area contributed by atoms with Gasteiger partial charge in [-0.2, -0.15) is 0 Å². The van der Waals surface area contributed by atoms with E-state index in [1.165, 1.54) is 0 Å². The monoisotopic (exact) mass is 398 g/mol. The number of benzene rings is 1. The maximum atomic E-state index is 12.1. The van der Waals surface area contributed by atoms with Crippen LogP contribution in [0.3, 0.4) is 0 Å². The van der Waals surface area contributed by atoms with Crippen molar-refractivity contribution in [2.45, 2.75) is 58.0 Å². The Hall–Kier alpha value is -2.60. The van der Waals surface area contributed by atoms with Crippen LogP contribution in [0.15, 0.2) is 47.2 Å². The predicted octanol–water partition coefficient (Wildman–Crippen LogP) is 3.73. The van der Waals surface area contributed by atoms with Crippen molar-refractivity contribution in [1.82, 2.24) is 4.90 Å². The molecule has 1 aromatic carbocycles. The highest BCUT2D eigenvalue weighted by molar-refractivity contribution is 6.07. The highest BCUT2D eigenvalue weighted by Crippen LogP contribution is 2.28. The SMILES string of the molecule is CCCCCC(O)CC(=O)CCc1ccc(O)c(OCN2C=C3C=CN=C3C2)c1. The second-order valence-electron chi connectivity index (χ2n) is 7.69. The van der Waals surface area contributed by atoms with Gasteiger partial charge in [-0.05, 0) is 36.6 Å². The number of Topliss-reactive ketones (excluding diaryl/α,β-unsaturated/α-hetero) is 1. The van der Waals surface area contributed by atoms with Gasteiger partial charge >= 0.3 is 0 Å². The lowest BCUT2D eigenvalue weighted by Gasteiger charge is -2.17. The maximum Gasteiger partial charge on any atom is 0.163 e. The van der Waals surface area contributed by atoms with Crippen molar-refractivity contribution in [3.63, 3.8) is 0 Å². The van der Waals surface area contributed by atoms with Gasteiger partial charge in [0.2, 0.25) is 0 Å². The first-order chi connectivity index (χ1) is 14.0. The number of aliphatic hydroxyl groups excluding tert-OH is 1. The molecule has 0 aromatic heterocycles. The van der Waals surface area contributed by atoms with Crippen molar-refractivity contribution >= 4 is 11.5 Å². The van der Waals surface area contributed by atoms with Gasteiger partial charge in [0, 0.05) is 30.8 Å². The summed E-state index contributed by atoms with van der Waals surface area (Å²) in [4.78, 5) is 18.4. The molecule has 1 aromatic rings. The van der Waals surface area contributed by atoms with E-state index in [-0.39, 0.29) is 18.0 Å².